The molecule has 0 radical (unpaired) electrons. The van der Waals surface area contributed by atoms with Gasteiger partial charge in [0.15, 0.2) is 0 Å². The molecule has 3 nitrogen and oxygen atoms in total. The van der Waals surface area contributed by atoms with Crippen molar-refractivity contribution >= 4 is 57.6 Å². The maximum Gasteiger partial charge on any atom is 0.262 e. The Bertz CT molecular complexity index is 1160. The molecule has 1 amide bonds. The van der Waals surface area contributed by atoms with Gasteiger partial charge in [-0.25, -0.2) is 0 Å². The SMILES string of the molecule is COc1ccc(/C=C2/C=C(c3ccc(Cl)cc3)N(c3ccc(I)c(C)c3)C2=O)cc1. The lowest BCUT2D eigenvalue weighted by Gasteiger charge is -2.21. The Morgan fingerprint density at radius 1 is 1.00 bits per heavy atom. The molecule has 3 aromatic carbocycles. The number of aryl methyl sites for hydroxylation is 1. The van der Waals surface area contributed by atoms with Gasteiger partial charge in [-0.05, 0) is 101 Å². The van der Waals surface area contributed by atoms with E-state index in [2.05, 4.69) is 22.6 Å². The lowest BCUT2D eigenvalue weighted by Crippen LogP contribution is -2.25. The Morgan fingerprint density at radius 3 is 2.33 bits per heavy atom. The Balaban J connectivity index is 1.80. The minimum absolute atomic E-state index is 0.0589. The molecule has 0 atom stereocenters. The Labute approximate surface area is 194 Å². The third-order valence-corrected chi connectivity index (χ3v) is 6.42. The second kappa shape index (κ2) is 8.66. The first kappa shape index (κ1) is 20.7. The van der Waals surface area contributed by atoms with Gasteiger partial charge in [0.05, 0.1) is 12.8 Å². The molecular weight excluding hydrogens is 509 g/mol. The van der Waals surface area contributed by atoms with Crippen LogP contribution < -0.4 is 9.64 Å². The van der Waals surface area contributed by atoms with Crippen LogP contribution in [0.1, 0.15) is 16.7 Å². The van der Waals surface area contributed by atoms with Gasteiger partial charge in [-0.15, -0.1) is 0 Å². The van der Waals surface area contributed by atoms with E-state index < -0.39 is 0 Å². The maximum atomic E-state index is 13.4. The van der Waals surface area contributed by atoms with Crippen molar-refractivity contribution in [3.05, 3.63) is 104 Å². The molecule has 0 spiro atoms. The summed E-state index contributed by atoms with van der Waals surface area (Å²) in [6, 6.07) is 21.2. The van der Waals surface area contributed by atoms with Crippen molar-refractivity contribution in [2.75, 3.05) is 12.0 Å². The van der Waals surface area contributed by atoms with Gasteiger partial charge in [0.1, 0.15) is 5.75 Å². The highest BCUT2D eigenvalue weighted by atomic mass is 127. The molecule has 0 aliphatic carbocycles. The molecule has 0 N–H and O–H groups in total. The van der Waals surface area contributed by atoms with Crippen molar-refractivity contribution in [2.24, 2.45) is 0 Å². The molecule has 0 saturated carbocycles. The number of anilines is 1. The minimum atomic E-state index is -0.0589. The van der Waals surface area contributed by atoms with Crippen LogP contribution in [0.2, 0.25) is 5.02 Å². The standard InChI is InChI=1S/C25H19ClINO2/c1-16-13-21(9-12-23(16)27)28-24(18-5-7-20(26)8-6-18)15-19(25(28)29)14-17-3-10-22(30-2)11-4-17/h3-15H,1-2H3/b19-14-. The van der Waals surface area contributed by atoms with Gasteiger partial charge in [0.25, 0.3) is 5.91 Å². The third kappa shape index (κ3) is 4.16. The van der Waals surface area contributed by atoms with E-state index in [0.717, 1.165) is 37.4 Å². The molecule has 150 valence electrons. The summed E-state index contributed by atoms with van der Waals surface area (Å²) in [6.07, 6.45) is 3.83. The number of rotatable bonds is 4. The zero-order chi connectivity index (χ0) is 21.3. The number of methoxy groups -OCH3 is 1. The number of hydrogen-bond donors (Lipinski definition) is 0. The van der Waals surface area contributed by atoms with Crippen molar-refractivity contribution in [1.82, 2.24) is 0 Å². The molecule has 1 aliphatic rings. The van der Waals surface area contributed by atoms with Crippen LogP contribution >= 0.6 is 34.2 Å². The molecular formula is C25H19ClINO2. The smallest absolute Gasteiger partial charge is 0.262 e. The quantitative estimate of drug-likeness (QED) is 0.278. The predicted molar refractivity (Wildman–Crippen MR) is 132 cm³/mol. The third-order valence-electron chi connectivity index (χ3n) is 4.96. The van der Waals surface area contributed by atoms with Crippen LogP contribution in [-0.2, 0) is 4.79 Å². The van der Waals surface area contributed by atoms with Crippen molar-refractivity contribution < 1.29 is 9.53 Å². The minimum Gasteiger partial charge on any atom is -0.497 e. The summed E-state index contributed by atoms with van der Waals surface area (Å²) in [4.78, 5) is 15.2. The average Bonchev–Trinajstić information content (AvgIpc) is 3.07. The van der Waals surface area contributed by atoms with Crippen molar-refractivity contribution in [1.29, 1.82) is 0 Å². The van der Waals surface area contributed by atoms with Crippen molar-refractivity contribution in [3.8, 4) is 5.75 Å². The van der Waals surface area contributed by atoms with E-state index >= 15 is 0 Å². The highest BCUT2D eigenvalue weighted by molar-refractivity contribution is 14.1. The number of hydrogen-bond acceptors (Lipinski definition) is 2. The zero-order valence-electron chi connectivity index (χ0n) is 16.5. The summed E-state index contributed by atoms with van der Waals surface area (Å²) in [6.45, 7) is 2.05. The van der Waals surface area contributed by atoms with Gasteiger partial charge >= 0.3 is 0 Å². The molecule has 3 aromatic rings. The first-order chi connectivity index (χ1) is 14.5. The first-order valence-electron chi connectivity index (χ1n) is 9.40. The Hall–Kier alpha value is -2.57. The van der Waals surface area contributed by atoms with Crippen LogP contribution in [0.5, 0.6) is 5.75 Å². The number of ether oxygens (including phenoxy) is 1. The topological polar surface area (TPSA) is 29.5 Å². The Kier molecular flexibility index (Phi) is 5.97. The van der Waals surface area contributed by atoms with Crippen LogP contribution in [0, 0.1) is 10.5 Å². The first-order valence-corrected chi connectivity index (χ1v) is 10.9. The van der Waals surface area contributed by atoms with Crippen LogP contribution in [-0.4, -0.2) is 13.0 Å². The molecule has 5 heteroatoms. The number of carbonyl (C=O) groups is 1. The highest BCUT2D eigenvalue weighted by Crippen LogP contribution is 2.36. The fraction of sp³-hybridized carbons (Fsp3) is 0.0800. The van der Waals surface area contributed by atoms with Gasteiger partial charge < -0.3 is 4.74 Å². The van der Waals surface area contributed by atoms with Crippen LogP contribution in [0.15, 0.2) is 78.4 Å². The molecule has 1 heterocycles. The fourth-order valence-electron chi connectivity index (χ4n) is 3.35. The lowest BCUT2D eigenvalue weighted by atomic mass is 10.1. The number of benzene rings is 3. The lowest BCUT2D eigenvalue weighted by molar-refractivity contribution is -0.113. The number of nitrogens with zero attached hydrogens (tertiary/aromatic N) is 1. The Morgan fingerprint density at radius 2 is 1.70 bits per heavy atom. The van der Waals surface area contributed by atoms with Crippen LogP contribution in [0.3, 0.4) is 0 Å². The zero-order valence-corrected chi connectivity index (χ0v) is 19.4. The van der Waals surface area contributed by atoms with Gasteiger partial charge in [-0.2, -0.15) is 0 Å². The van der Waals surface area contributed by atoms with Gasteiger partial charge in [-0.3, -0.25) is 9.69 Å². The van der Waals surface area contributed by atoms with E-state index in [-0.39, 0.29) is 5.91 Å². The van der Waals surface area contributed by atoms with Gasteiger partial charge in [0, 0.05) is 19.9 Å². The van der Waals surface area contributed by atoms with Crippen molar-refractivity contribution in [3.63, 3.8) is 0 Å². The van der Waals surface area contributed by atoms with E-state index in [1.807, 2.05) is 85.8 Å². The van der Waals surface area contributed by atoms with E-state index in [4.69, 9.17) is 16.3 Å². The number of carbonyl (C=O) groups excluding carboxylic acids is 1. The summed E-state index contributed by atoms with van der Waals surface area (Å²) >= 11 is 8.38. The summed E-state index contributed by atoms with van der Waals surface area (Å²) < 4.78 is 6.38. The van der Waals surface area contributed by atoms with E-state index in [9.17, 15) is 4.79 Å². The highest BCUT2D eigenvalue weighted by Gasteiger charge is 2.30. The molecule has 0 bridgehead atoms. The van der Waals surface area contributed by atoms with Gasteiger partial charge in [-0.1, -0.05) is 35.9 Å². The van der Waals surface area contributed by atoms with Gasteiger partial charge in [0.2, 0.25) is 0 Å². The number of halogens is 2. The summed E-state index contributed by atoms with van der Waals surface area (Å²) in [7, 11) is 1.63. The summed E-state index contributed by atoms with van der Waals surface area (Å²) in [5.41, 5.74) is 5.30. The molecule has 0 unspecified atom stereocenters. The van der Waals surface area contributed by atoms with Crippen LogP contribution in [0.4, 0.5) is 5.69 Å². The second-order valence-corrected chi connectivity index (χ2v) is 8.58. The molecule has 0 fully saturated rings. The average molecular weight is 528 g/mol. The molecule has 4 rings (SSSR count). The molecule has 0 saturated heterocycles. The molecule has 1 aliphatic heterocycles. The van der Waals surface area contributed by atoms with Crippen molar-refractivity contribution in [2.45, 2.75) is 6.92 Å². The van der Waals surface area contributed by atoms with E-state index in [0.29, 0.717) is 10.6 Å². The normalized spacial score (nSPS) is 14.9. The summed E-state index contributed by atoms with van der Waals surface area (Å²) in [5, 5.41) is 0.661. The van der Waals surface area contributed by atoms with Crippen LogP contribution in [0.25, 0.3) is 11.8 Å². The monoisotopic (exact) mass is 527 g/mol. The van der Waals surface area contributed by atoms with E-state index in [1.54, 1.807) is 12.0 Å². The fourth-order valence-corrected chi connectivity index (χ4v) is 3.81. The molecule has 30 heavy (non-hydrogen) atoms. The molecule has 0 aromatic heterocycles. The predicted octanol–water partition coefficient (Wildman–Crippen LogP) is 6.73. The largest absolute Gasteiger partial charge is 0.497 e. The summed E-state index contributed by atoms with van der Waals surface area (Å²) in [5.74, 6) is 0.722. The maximum absolute atomic E-state index is 13.4. The second-order valence-electron chi connectivity index (χ2n) is 6.98. The van der Waals surface area contributed by atoms with E-state index in [1.165, 1.54) is 0 Å². The number of amides is 1.